The van der Waals surface area contributed by atoms with E-state index in [4.69, 9.17) is 9.47 Å². The molecule has 0 aromatic heterocycles. The van der Waals surface area contributed by atoms with Gasteiger partial charge in [0.05, 0.1) is 6.54 Å². The highest BCUT2D eigenvalue weighted by Gasteiger charge is 2.25. The van der Waals surface area contributed by atoms with E-state index in [2.05, 4.69) is 36.5 Å². The number of hydrogen-bond donors (Lipinski definition) is 1. The zero-order chi connectivity index (χ0) is 31.4. The average Bonchev–Trinajstić information content (AvgIpc) is 3.07. The van der Waals surface area contributed by atoms with Gasteiger partial charge in [-0.2, -0.15) is 0 Å². The summed E-state index contributed by atoms with van der Waals surface area (Å²) >= 11 is 1.55. The molecule has 1 aliphatic heterocycles. The summed E-state index contributed by atoms with van der Waals surface area (Å²) in [6, 6.07) is 33.1. The number of likely N-dealkylation sites (N-methyl/N-ethyl adjacent to an activating group) is 1. The molecule has 45 heavy (non-hydrogen) atoms. The van der Waals surface area contributed by atoms with Gasteiger partial charge in [0.15, 0.2) is 0 Å². The van der Waals surface area contributed by atoms with E-state index >= 15 is 0 Å². The lowest BCUT2D eigenvalue weighted by atomic mass is 9.97. The lowest BCUT2D eigenvalue weighted by Gasteiger charge is -2.31. The second kappa shape index (κ2) is 16.3. The summed E-state index contributed by atoms with van der Waals surface area (Å²) in [4.78, 5) is 30.2. The Bertz CT molecular complexity index is 1530. The number of amides is 1. The molecular formula is C37H41N3O4S. The number of ether oxygens (including phenoxy) is 2. The normalized spacial score (nSPS) is 13.4. The third kappa shape index (κ3) is 9.69. The maximum atomic E-state index is 14.0. The zero-order valence-electron chi connectivity index (χ0n) is 26.0. The summed E-state index contributed by atoms with van der Waals surface area (Å²) in [5.41, 5.74) is 4.11. The van der Waals surface area contributed by atoms with Crippen LogP contribution in [0.3, 0.4) is 0 Å². The third-order valence-corrected chi connectivity index (χ3v) is 8.71. The Balaban J connectivity index is 1.39. The van der Waals surface area contributed by atoms with Crippen LogP contribution in [0.1, 0.15) is 39.9 Å². The minimum Gasteiger partial charge on any atom is -0.488 e. The molecule has 1 fully saturated rings. The maximum absolute atomic E-state index is 14.0. The molecule has 1 saturated heterocycles. The van der Waals surface area contributed by atoms with Gasteiger partial charge in [0.1, 0.15) is 24.5 Å². The topological polar surface area (TPSA) is 71.1 Å². The van der Waals surface area contributed by atoms with Crippen molar-refractivity contribution in [3.8, 4) is 5.75 Å². The first-order valence-electron chi connectivity index (χ1n) is 15.4. The van der Waals surface area contributed by atoms with Gasteiger partial charge in [0.2, 0.25) is 5.91 Å². The van der Waals surface area contributed by atoms with Gasteiger partial charge in [0, 0.05) is 23.2 Å². The molecular weight excluding hydrogens is 582 g/mol. The second-order valence-corrected chi connectivity index (χ2v) is 12.7. The van der Waals surface area contributed by atoms with Crippen molar-refractivity contribution in [1.82, 2.24) is 9.62 Å². The highest BCUT2D eigenvalue weighted by atomic mass is 32.2. The van der Waals surface area contributed by atoms with Crippen molar-refractivity contribution in [2.45, 2.75) is 37.9 Å². The van der Waals surface area contributed by atoms with E-state index in [9.17, 15) is 9.59 Å². The summed E-state index contributed by atoms with van der Waals surface area (Å²) < 4.78 is 13.9. The smallest absolute Gasteiger partial charge is 0.342 e. The van der Waals surface area contributed by atoms with E-state index < -0.39 is 5.97 Å². The molecule has 0 spiro atoms. The molecule has 0 bridgehead atoms. The average molecular weight is 624 g/mol. The first-order valence-corrected chi connectivity index (χ1v) is 16.2. The molecule has 8 heteroatoms. The molecule has 1 N–H and O–H groups in total. The number of piperidine rings is 1. The number of esters is 1. The van der Waals surface area contributed by atoms with E-state index in [-0.39, 0.29) is 25.7 Å². The van der Waals surface area contributed by atoms with Crippen LogP contribution < -0.4 is 15.0 Å². The van der Waals surface area contributed by atoms with Crippen LogP contribution in [0.25, 0.3) is 0 Å². The minimum absolute atomic E-state index is 0.0101. The van der Waals surface area contributed by atoms with Gasteiger partial charge in [-0.05, 0) is 93.2 Å². The number of hydrogen-bond acceptors (Lipinski definition) is 7. The van der Waals surface area contributed by atoms with Crippen molar-refractivity contribution in [3.63, 3.8) is 0 Å². The highest BCUT2D eigenvalue weighted by Crippen LogP contribution is 2.30. The molecule has 0 aliphatic carbocycles. The summed E-state index contributed by atoms with van der Waals surface area (Å²) in [6.07, 6.45) is 2.00. The van der Waals surface area contributed by atoms with Gasteiger partial charge in [-0.15, -0.1) is 0 Å². The van der Waals surface area contributed by atoms with Crippen LogP contribution in [-0.2, 0) is 22.7 Å². The predicted molar refractivity (Wildman–Crippen MR) is 180 cm³/mol. The Hall–Kier alpha value is -4.11. The highest BCUT2D eigenvalue weighted by molar-refractivity contribution is 7.97. The van der Waals surface area contributed by atoms with Crippen LogP contribution in [0, 0.1) is 12.8 Å². The molecule has 234 valence electrons. The van der Waals surface area contributed by atoms with Crippen molar-refractivity contribution < 1.29 is 19.1 Å². The van der Waals surface area contributed by atoms with Crippen LogP contribution in [0.2, 0.25) is 0 Å². The second-order valence-electron chi connectivity index (χ2n) is 11.4. The number of aryl methyl sites for hydroxylation is 1. The maximum Gasteiger partial charge on any atom is 0.342 e. The number of carbonyl (C=O) groups excluding carboxylic acids is 2. The van der Waals surface area contributed by atoms with Crippen LogP contribution >= 0.6 is 11.9 Å². The van der Waals surface area contributed by atoms with E-state index in [1.165, 1.54) is 5.56 Å². The number of anilines is 1. The van der Waals surface area contributed by atoms with Crippen LogP contribution in [0.4, 0.5) is 5.69 Å². The van der Waals surface area contributed by atoms with Crippen molar-refractivity contribution >= 4 is 29.5 Å². The number of rotatable bonds is 13. The SMILES string of the molecule is Cc1ccc(SN(C)CC(=O)N(CC2CCNCC2)c2ccc(C(=O)OCc3ccccc3)c(OCc3ccccc3)c2)cc1. The summed E-state index contributed by atoms with van der Waals surface area (Å²) in [5.74, 6) is 0.275. The quantitative estimate of drug-likeness (QED) is 0.128. The van der Waals surface area contributed by atoms with Crippen LogP contribution in [0.5, 0.6) is 5.75 Å². The lowest BCUT2D eigenvalue weighted by molar-refractivity contribution is -0.118. The zero-order valence-corrected chi connectivity index (χ0v) is 26.8. The van der Waals surface area contributed by atoms with E-state index in [1.807, 2.05) is 89.0 Å². The number of nitrogens with one attached hydrogen (secondary N) is 1. The van der Waals surface area contributed by atoms with Crippen LogP contribution in [-0.4, -0.2) is 49.4 Å². The lowest BCUT2D eigenvalue weighted by Crippen LogP contribution is -2.42. The predicted octanol–water partition coefficient (Wildman–Crippen LogP) is 6.90. The summed E-state index contributed by atoms with van der Waals surface area (Å²) in [5, 5.41) is 3.42. The number of nitrogens with zero attached hydrogens (tertiary/aromatic N) is 2. The first kappa shape index (κ1) is 32.3. The van der Waals surface area contributed by atoms with E-state index in [0.29, 0.717) is 29.5 Å². The fraction of sp³-hybridized carbons (Fsp3) is 0.297. The monoisotopic (exact) mass is 623 g/mol. The largest absolute Gasteiger partial charge is 0.488 e. The van der Waals surface area contributed by atoms with Crippen molar-refractivity contribution in [2.24, 2.45) is 5.92 Å². The molecule has 1 aliphatic rings. The first-order chi connectivity index (χ1) is 21.9. The Morgan fingerprint density at radius 1 is 0.844 bits per heavy atom. The molecule has 0 saturated carbocycles. The standard InChI is InChI=1S/C37H41N3O4S/c1-28-13-16-33(17-14-28)45-39(2)25-36(41)40(24-29-19-21-38-22-20-29)32-15-18-34(37(42)44-27-31-11-7-4-8-12-31)35(23-32)43-26-30-9-5-3-6-10-30/h3-18,23,29,38H,19-22,24-27H2,1-2H3. The molecule has 4 aromatic carbocycles. The van der Waals surface area contributed by atoms with Gasteiger partial charge in [-0.3, -0.25) is 4.79 Å². The Kier molecular flexibility index (Phi) is 11.7. The molecule has 0 atom stereocenters. The molecule has 7 nitrogen and oxygen atoms in total. The fourth-order valence-corrected chi connectivity index (χ4v) is 6.06. The van der Waals surface area contributed by atoms with Crippen molar-refractivity contribution in [3.05, 3.63) is 125 Å². The molecule has 4 aromatic rings. The van der Waals surface area contributed by atoms with Crippen molar-refractivity contribution in [1.29, 1.82) is 0 Å². The number of benzene rings is 4. The van der Waals surface area contributed by atoms with Gasteiger partial charge >= 0.3 is 5.97 Å². The Labute approximate surface area is 270 Å². The van der Waals surface area contributed by atoms with Gasteiger partial charge in [-0.25, -0.2) is 9.10 Å². The summed E-state index contributed by atoms with van der Waals surface area (Å²) in [6.45, 7) is 5.20. The molecule has 5 rings (SSSR count). The van der Waals surface area contributed by atoms with Crippen LogP contribution in [0.15, 0.2) is 108 Å². The van der Waals surface area contributed by atoms with Crippen molar-refractivity contribution in [2.75, 3.05) is 38.1 Å². The van der Waals surface area contributed by atoms with Gasteiger partial charge in [0.25, 0.3) is 0 Å². The van der Waals surface area contributed by atoms with E-state index in [1.54, 1.807) is 18.0 Å². The van der Waals surface area contributed by atoms with E-state index in [0.717, 1.165) is 42.0 Å². The third-order valence-electron chi connectivity index (χ3n) is 7.79. The summed E-state index contributed by atoms with van der Waals surface area (Å²) in [7, 11) is 1.94. The molecule has 0 radical (unpaired) electrons. The van der Waals surface area contributed by atoms with Gasteiger partial charge < -0.3 is 19.7 Å². The molecule has 1 amide bonds. The Morgan fingerprint density at radius 3 is 2.16 bits per heavy atom. The molecule has 0 unspecified atom stereocenters. The Morgan fingerprint density at radius 2 is 1.49 bits per heavy atom. The number of carbonyl (C=O) groups is 2. The minimum atomic E-state index is -0.473. The molecule has 1 heterocycles. The fourth-order valence-electron chi connectivity index (χ4n) is 5.26. The van der Waals surface area contributed by atoms with Gasteiger partial charge in [-0.1, -0.05) is 78.4 Å².